The van der Waals surface area contributed by atoms with Gasteiger partial charge in [0.1, 0.15) is 0 Å². The Hall–Kier alpha value is -0.930. The Bertz CT molecular complexity index is 446. The molecule has 3 nitrogen and oxygen atoms in total. The standard InChI is InChI=1S/C17H27N3/c1-12-5-2-7-14(11-12)17(20-18)15-9-3-6-13-8-4-10-19-16(13)15/h4,8,10,12,14-15,17,20H,2-3,5-7,9,11,18H2,1H3. The van der Waals surface area contributed by atoms with E-state index in [2.05, 4.69) is 29.5 Å². The van der Waals surface area contributed by atoms with Gasteiger partial charge in [-0.1, -0.05) is 25.8 Å². The molecule has 110 valence electrons. The average Bonchev–Trinajstić information content (AvgIpc) is 2.48. The highest BCUT2D eigenvalue weighted by atomic mass is 15.2. The third kappa shape index (κ3) is 2.75. The second-order valence-electron chi connectivity index (χ2n) is 6.77. The van der Waals surface area contributed by atoms with Gasteiger partial charge in [0.15, 0.2) is 0 Å². The van der Waals surface area contributed by atoms with Gasteiger partial charge in [-0.3, -0.25) is 16.3 Å². The molecule has 2 aliphatic carbocycles. The first kappa shape index (κ1) is 14.0. The van der Waals surface area contributed by atoms with Crippen LogP contribution in [0.5, 0.6) is 0 Å². The zero-order chi connectivity index (χ0) is 13.9. The second kappa shape index (κ2) is 6.23. The third-order valence-corrected chi connectivity index (χ3v) is 5.35. The first-order chi connectivity index (χ1) is 9.79. The molecule has 0 aromatic carbocycles. The molecule has 0 spiro atoms. The number of rotatable bonds is 3. The number of fused-ring (bicyclic) bond motifs is 1. The number of nitrogens with two attached hydrogens (primary N) is 1. The van der Waals surface area contributed by atoms with Gasteiger partial charge in [-0.15, -0.1) is 0 Å². The molecule has 1 heterocycles. The van der Waals surface area contributed by atoms with Crippen molar-refractivity contribution in [1.82, 2.24) is 10.4 Å². The number of aromatic nitrogens is 1. The minimum absolute atomic E-state index is 0.395. The van der Waals surface area contributed by atoms with Crippen LogP contribution in [0.1, 0.15) is 62.6 Å². The van der Waals surface area contributed by atoms with Crippen molar-refractivity contribution in [2.75, 3.05) is 0 Å². The Balaban J connectivity index is 1.83. The molecule has 1 saturated carbocycles. The van der Waals surface area contributed by atoms with Crippen molar-refractivity contribution in [3.63, 3.8) is 0 Å². The van der Waals surface area contributed by atoms with Crippen molar-refractivity contribution in [2.45, 2.75) is 63.8 Å². The van der Waals surface area contributed by atoms with Gasteiger partial charge in [-0.25, -0.2) is 0 Å². The fourth-order valence-corrected chi connectivity index (χ4v) is 4.38. The van der Waals surface area contributed by atoms with E-state index in [1.165, 1.54) is 56.2 Å². The monoisotopic (exact) mass is 273 g/mol. The first-order valence-corrected chi connectivity index (χ1v) is 8.19. The molecule has 4 unspecified atom stereocenters. The summed E-state index contributed by atoms with van der Waals surface area (Å²) in [7, 11) is 0. The van der Waals surface area contributed by atoms with E-state index in [4.69, 9.17) is 5.84 Å². The molecule has 1 fully saturated rings. The minimum atomic E-state index is 0.395. The van der Waals surface area contributed by atoms with Crippen LogP contribution in [-0.2, 0) is 6.42 Å². The van der Waals surface area contributed by atoms with Crippen LogP contribution in [0.2, 0.25) is 0 Å². The summed E-state index contributed by atoms with van der Waals surface area (Å²) in [6.07, 6.45) is 11.0. The van der Waals surface area contributed by atoms with Crippen molar-refractivity contribution < 1.29 is 0 Å². The topological polar surface area (TPSA) is 50.9 Å². The molecule has 0 saturated heterocycles. The van der Waals surface area contributed by atoms with Crippen LogP contribution in [0, 0.1) is 11.8 Å². The SMILES string of the molecule is CC1CCCC(C(NN)C2CCCc3cccnc32)C1. The molecular weight excluding hydrogens is 246 g/mol. The molecule has 3 N–H and O–H groups in total. The van der Waals surface area contributed by atoms with E-state index in [0.29, 0.717) is 17.9 Å². The lowest BCUT2D eigenvalue weighted by Gasteiger charge is -2.39. The van der Waals surface area contributed by atoms with E-state index in [9.17, 15) is 0 Å². The van der Waals surface area contributed by atoms with E-state index < -0.39 is 0 Å². The number of aryl methyl sites for hydroxylation is 1. The number of hydrazine groups is 1. The highest BCUT2D eigenvalue weighted by Crippen LogP contribution is 2.40. The highest BCUT2D eigenvalue weighted by Gasteiger charge is 2.35. The van der Waals surface area contributed by atoms with Gasteiger partial charge in [-0.2, -0.15) is 0 Å². The maximum absolute atomic E-state index is 5.96. The van der Waals surface area contributed by atoms with Crippen LogP contribution < -0.4 is 11.3 Å². The maximum atomic E-state index is 5.96. The summed E-state index contributed by atoms with van der Waals surface area (Å²) in [6, 6.07) is 4.70. The van der Waals surface area contributed by atoms with Crippen LogP contribution >= 0.6 is 0 Å². The van der Waals surface area contributed by atoms with E-state index in [0.717, 1.165) is 5.92 Å². The van der Waals surface area contributed by atoms with Gasteiger partial charge in [0.05, 0.1) is 0 Å². The van der Waals surface area contributed by atoms with Crippen molar-refractivity contribution in [1.29, 1.82) is 0 Å². The lowest BCUT2D eigenvalue weighted by atomic mass is 9.71. The summed E-state index contributed by atoms with van der Waals surface area (Å²) in [5.74, 6) is 8.01. The molecule has 20 heavy (non-hydrogen) atoms. The van der Waals surface area contributed by atoms with Crippen LogP contribution in [0.4, 0.5) is 0 Å². The zero-order valence-corrected chi connectivity index (χ0v) is 12.5. The normalized spacial score (nSPS) is 31.6. The Labute approximate surface area is 122 Å². The predicted octanol–water partition coefficient (Wildman–Crippen LogP) is 3.16. The number of hydrogen-bond donors (Lipinski definition) is 2. The van der Waals surface area contributed by atoms with Crippen LogP contribution in [-0.4, -0.2) is 11.0 Å². The van der Waals surface area contributed by atoms with Gasteiger partial charge >= 0.3 is 0 Å². The molecule has 3 rings (SSSR count). The summed E-state index contributed by atoms with van der Waals surface area (Å²) in [5, 5.41) is 0. The fraction of sp³-hybridized carbons (Fsp3) is 0.706. The smallest absolute Gasteiger partial charge is 0.0482 e. The molecule has 3 heteroatoms. The van der Waals surface area contributed by atoms with Crippen LogP contribution in [0.15, 0.2) is 18.3 Å². The lowest BCUT2D eigenvalue weighted by Crippen LogP contribution is -2.47. The van der Waals surface area contributed by atoms with E-state index in [1.54, 1.807) is 0 Å². The Kier molecular flexibility index (Phi) is 4.37. The number of nitrogens with zero attached hydrogens (tertiary/aromatic N) is 1. The number of nitrogens with one attached hydrogen (secondary N) is 1. The molecule has 0 bridgehead atoms. The summed E-state index contributed by atoms with van der Waals surface area (Å²) in [4.78, 5) is 4.69. The minimum Gasteiger partial charge on any atom is -0.271 e. The molecule has 0 radical (unpaired) electrons. The summed E-state index contributed by atoms with van der Waals surface area (Å²) < 4.78 is 0. The molecule has 4 atom stereocenters. The molecule has 1 aromatic rings. The van der Waals surface area contributed by atoms with Gasteiger partial charge in [0.2, 0.25) is 0 Å². The maximum Gasteiger partial charge on any atom is 0.0482 e. The van der Waals surface area contributed by atoms with Crippen molar-refractivity contribution in [3.8, 4) is 0 Å². The first-order valence-electron chi connectivity index (χ1n) is 8.19. The number of hydrogen-bond acceptors (Lipinski definition) is 3. The Morgan fingerprint density at radius 2 is 2.20 bits per heavy atom. The molecule has 2 aliphatic rings. The molecule has 0 aliphatic heterocycles. The second-order valence-corrected chi connectivity index (χ2v) is 6.77. The van der Waals surface area contributed by atoms with Crippen molar-refractivity contribution in [3.05, 3.63) is 29.6 Å². The van der Waals surface area contributed by atoms with E-state index in [-0.39, 0.29) is 0 Å². The summed E-state index contributed by atoms with van der Waals surface area (Å²) in [5.41, 5.74) is 5.91. The van der Waals surface area contributed by atoms with Gasteiger partial charge in [0, 0.05) is 23.9 Å². The number of pyridine rings is 1. The van der Waals surface area contributed by atoms with Crippen LogP contribution in [0.25, 0.3) is 0 Å². The van der Waals surface area contributed by atoms with Crippen molar-refractivity contribution in [2.24, 2.45) is 17.7 Å². The summed E-state index contributed by atoms with van der Waals surface area (Å²) >= 11 is 0. The fourth-order valence-electron chi connectivity index (χ4n) is 4.38. The largest absolute Gasteiger partial charge is 0.271 e. The Morgan fingerprint density at radius 3 is 3.00 bits per heavy atom. The third-order valence-electron chi connectivity index (χ3n) is 5.35. The molecular formula is C17H27N3. The van der Waals surface area contributed by atoms with Gasteiger partial charge < -0.3 is 0 Å². The van der Waals surface area contributed by atoms with Crippen molar-refractivity contribution >= 4 is 0 Å². The van der Waals surface area contributed by atoms with E-state index in [1.807, 2.05) is 6.20 Å². The molecule has 0 amide bonds. The van der Waals surface area contributed by atoms with E-state index >= 15 is 0 Å². The lowest BCUT2D eigenvalue weighted by molar-refractivity contribution is 0.193. The van der Waals surface area contributed by atoms with Crippen LogP contribution in [0.3, 0.4) is 0 Å². The van der Waals surface area contributed by atoms with Gasteiger partial charge in [0.25, 0.3) is 0 Å². The molecule has 1 aromatic heterocycles. The summed E-state index contributed by atoms with van der Waals surface area (Å²) in [6.45, 7) is 2.38. The Morgan fingerprint density at radius 1 is 1.30 bits per heavy atom. The predicted molar refractivity (Wildman–Crippen MR) is 82.1 cm³/mol. The van der Waals surface area contributed by atoms with Gasteiger partial charge in [-0.05, 0) is 55.6 Å². The highest BCUT2D eigenvalue weighted by molar-refractivity contribution is 5.27. The zero-order valence-electron chi connectivity index (χ0n) is 12.5. The average molecular weight is 273 g/mol. The quantitative estimate of drug-likeness (QED) is 0.657.